The number of hydrogen-bond acceptors (Lipinski definition) is 7. The molecule has 4 rings (SSSR count). The second-order valence-electron chi connectivity index (χ2n) is 7.46. The number of hydrogen-bond donors (Lipinski definition) is 0. The van der Waals surface area contributed by atoms with Gasteiger partial charge in [0.1, 0.15) is 12.7 Å². The van der Waals surface area contributed by atoms with Crippen molar-refractivity contribution in [3.8, 4) is 0 Å². The number of benzene rings is 3. The molecule has 0 amide bonds. The Labute approximate surface area is 195 Å². The molecule has 0 saturated carbocycles. The van der Waals surface area contributed by atoms with Gasteiger partial charge in [0.15, 0.2) is 6.10 Å². The molecule has 0 aromatic heterocycles. The lowest BCUT2D eigenvalue weighted by Gasteiger charge is -2.19. The van der Waals surface area contributed by atoms with Crippen molar-refractivity contribution in [1.29, 1.82) is 0 Å². The molecule has 8 heteroatoms. The van der Waals surface area contributed by atoms with Crippen LogP contribution in [0.5, 0.6) is 0 Å². The molecule has 0 radical (unpaired) electrons. The summed E-state index contributed by atoms with van der Waals surface area (Å²) in [5.74, 6) is -2.24. The predicted octanol–water partition coefficient (Wildman–Crippen LogP) is 3.99. The van der Waals surface area contributed by atoms with Gasteiger partial charge in [-0.05, 0) is 36.4 Å². The summed E-state index contributed by atoms with van der Waals surface area (Å²) in [5.41, 5.74) is 0.705. The normalized spacial score (nSPS) is 21.4. The molecular formula is C26H21FO7. The average molecular weight is 464 g/mol. The van der Waals surface area contributed by atoms with Gasteiger partial charge in [-0.3, -0.25) is 0 Å². The largest absolute Gasteiger partial charge is 0.459 e. The number of alkyl halides is 1. The summed E-state index contributed by atoms with van der Waals surface area (Å²) < 4.78 is 36.6. The fourth-order valence-corrected chi connectivity index (χ4v) is 3.38. The van der Waals surface area contributed by atoms with E-state index in [0.717, 1.165) is 0 Å². The molecule has 1 fully saturated rings. The molecule has 1 saturated heterocycles. The minimum absolute atomic E-state index is 0.204. The molecule has 7 nitrogen and oxygen atoms in total. The third-order valence-corrected chi connectivity index (χ3v) is 5.12. The van der Waals surface area contributed by atoms with E-state index in [4.69, 9.17) is 18.9 Å². The highest BCUT2D eigenvalue weighted by atomic mass is 19.1. The van der Waals surface area contributed by atoms with Crippen molar-refractivity contribution in [3.63, 3.8) is 0 Å². The number of halogens is 1. The highest BCUT2D eigenvalue weighted by Gasteiger charge is 2.50. The van der Waals surface area contributed by atoms with E-state index in [-0.39, 0.29) is 11.1 Å². The first-order valence-electron chi connectivity index (χ1n) is 10.6. The van der Waals surface area contributed by atoms with E-state index in [2.05, 4.69) is 0 Å². The summed E-state index contributed by atoms with van der Waals surface area (Å²) in [6.45, 7) is -0.416. The van der Waals surface area contributed by atoms with Gasteiger partial charge in [-0.25, -0.2) is 18.8 Å². The summed E-state index contributed by atoms with van der Waals surface area (Å²) in [4.78, 5) is 37.2. The van der Waals surface area contributed by atoms with Crippen molar-refractivity contribution in [2.24, 2.45) is 0 Å². The van der Waals surface area contributed by atoms with Gasteiger partial charge in [0, 0.05) is 0 Å². The molecule has 1 unspecified atom stereocenters. The van der Waals surface area contributed by atoms with Crippen LogP contribution in [0.2, 0.25) is 0 Å². The van der Waals surface area contributed by atoms with E-state index in [0.29, 0.717) is 5.56 Å². The molecule has 3 aromatic carbocycles. The van der Waals surface area contributed by atoms with Crippen LogP contribution in [0.4, 0.5) is 4.39 Å². The van der Waals surface area contributed by atoms with Crippen LogP contribution in [-0.4, -0.2) is 49.2 Å². The van der Waals surface area contributed by atoms with Crippen LogP contribution in [0.25, 0.3) is 0 Å². The van der Waals surface area contributed by atoms with Crippen LogP contribution in [0, 0.1) is 0 Å². The van der Waals surface area contributed by atoms with Crippen LogP contribution in [0.1, 0.15) is 31.1 Å². The standard InChI is InChI=1S/C26H21FO7/c27-21-22(33-24(29)18-12-6-2-7-13-18)20(16-31-23(28)17-10-4-1-5-11-17)32-26(21)34-25(30)19-14-8-3-9-15-19/h1-15,20-22,26H,16H2/t20-,21?,22+,26-/m1/s1. The Hall–Kier alpha value is -4.04. The van der Waals surface area contributed by atoms with Crippen molar-refractivity contribution in [2.45, 2.75) is 24.7 Å². The van der Waals surface area contributed by atoms with E-state index < -0.39 is 49.2 Å². The third-order valence-electron chi connectivity index (χ3n) is 5.12. The van der Waals surface area contributed by atoms with Crippen LogP contribution in [0.15, 0.2) is 91.0 Å². The third kappa shape index (κ3) is 5.47. The number of rotatable bonds is 7. The van der Waals surface area contributed by atoms with Crippen LogP contribution in [-0.2, 0) is 18.9 Å². The van der Waals surface area contributed by atoms with E-state index in [1.54, 1.807) is 66.7 Å². The molecule has 1 heterocycles. The summed E-state index contributed by atoms with van der Waals surface area (Å²) in [5, 5.41) is 0. The Bertz CT molecular complexity index is 1120. The zero-order chi connectivity index (χ0) is 23.9. The monoisotopic (exact) mass is 464 g/mol. The maximum atomic E-state index is 15.3. The fraction of sp³-hybridized carbons (Fsp3) is 0.192. The first-order valence-corrected chi connectivity index (χ1v) is 10.6. The van der Waals surface area contributed by atoms with Crippen LogP contribution < -0.4 is 0 Å². The topological polar surface area (TPSA) is 88.1 Å². The van der Waals surface area contributed by atoms with Crippen molar-refractivity contribution < 1.29 is 37.7 Å². The van der Waals surface area contributed by atoms with Gasteiger partial charge in [-0.15, -0.1) is 0 Å². The highest BCUT2D eigenvalue weighted by molar-refractivity contribution is 5.90. The SMILES string of the molecule is O=C(OC[C@H]1O[C@H](OC(=O)c2ccccc2)C(F)[C@H]1OC(=O)c1ccccc1)c1ccccc1. The van der Waals surface area contributed by atoms with E-state index in [9.17, 15) is 14.4 Å². The lowest BCUT2D eigenvalue weighted by molar-refractivity contribution is -0.129. The summed E-state index contributed by atoms with van der Waals surface area (Å²) in [7, 11) is 0. The molecule has 0 N–H and O–H groups in total. The van der Waals surface area contributed by atoms with Gasteiger partial charge in [0.05, 0.1) is 16.7 Å². The number of esters is 3. The number of carbonyl (C=O) groups is 3. The molecule has 34 heavy (non-hydrogen) atoms. The number of ether oxygens (including phenoxy) is 4. The minimum Gasteiger partial charge on any atom is -0.459 e. The van der Waals surface area contributed by atoms with Crippen molar-refractivity contribution in [2.75, 3.05) is 6.61 Å². The summed E-state index contributed by atoms with van der Waals surface area (Å²) in [6, 6.07) is 24.2. The number of carbonyl (C=O) groups excluding carboxylic acids is 3. The van der Waals surface area contributed by atoms with E-state index >= 15 is 4.39 Å². The zero-order valence-corrected chi connectivity index (χ0v) is 17.9. The minimum atomic E-state index is -2.00. The van der Waals surface area contributed by atoms with Gasteiger partial charge < -0.3 is 18.9 Å². The molecule has 174 valence electrons. The van der Waals surface area contributed by atoms with Crippen molar-refractivity contribution >= 4 is 17.9 Å². The molecule has 0 aliphatic carbocycles. The Kier molecular flexibility index (Phi) is 7.29. The molecular weight excluding hydrogens is 443 g/mol. The van der Waals surface area contributed by atoms with E-state index in [1.165, 1.54) is 24.3 Å². The van der Waals surface area contributed by atoms with E-state index in [1.807, 2.05) is 0 Å². The smallest absolute Gasteiger partial charge is 0.340 e. The zero-order valence-electron chi connectivity index (χ0n) is 17.9. The summed E-state index contributed by atoms with van der Waals surface area (Å²) in [6.07, 6.45) is -6.31. The van der Waals surface area contributed by atoms with Gasteiger partial charge >= 0.3 is 17.9 Å². The van der Waals surface area contributed by atoms with Crippen LogP contribution >= 0.6 is 0 Å². The first-order chi connectivity index (χ1) is 16.5. The first kappa shape index (κ1) is 23.1. The Balaban J connectivity index is 1.47. The molecule has 0 spiro atoms. The van der Waals surface area contributed by atoms with Crippen molar-refractivity contribution in [1.82, 2.24) is 0 Å². The van der Waals surface area contributed by atoms with Gasteiger partial charge in [-0.1, -0.05) is 54.6 Å². The lowest BCUT2D eigenvalue weighted by Crippen LogP contribution is -2.37. The second-order valence-corrected chi connectivity index (χ2v) is 7.46. The molecule has 1 aliphatic rings. The molecule has 1 aliphatic heterocycles. The van der Waals surface area contributed by atoms with Gasteiger partial charge in [-0.2, -0.15) is 0 Å². The van der Waals surface area contributed by atoms with Gasteiger partial charge in [0.2, 0.25) is 12.5 Å². The van der Waals surface area contributed by atoms with Crippen LogP contribution in [0.3, 0.4) is 0 Å². The Morgan fingerprint density at radius 2 is 1.12 bits per heavy atom. The highest BCUT2D eigenvalue weighted by Crippen LogP contribution is 2.29. The average Bonchev–Trinajstić information content (AvgIpc) is 3.17. The lowest BCUT2D eigenvalue weighted by atomic mass is 10.1. The molecule has 0 bridgehead atoms. The Morgan fingerprint density at radius 3 is 1.62 bits per heavy atom. The second kappa shape index (κ2) is 10.7. The van der Waals surface area contributed by atoms with Gasteiger partial charge in [0.25, 0.3) is 0 Å². The Morgan fingerprint density at radius 1 is 0.676 bits per heavy atom. The maximum Gasteiger partial charge on any atom is 0.340 e. The molecule has 4 atom stereocenters. The van der Waals surface area contributed by atoms with Crippen molar-refractivity contribution in [3.05, 3.63) is 108 Å². The predicted molar refractivity (Wildman–Crippen MR) is 118 cm³/mol. The fourth-order valence-electron chi connectivity index (χ4n) is 3.38. The summed E-state index contributed by atoms with van der Waals surface area (Å²) >= 11 is 0. The molecule has 3 aromatic rings. The maximum absolute atomic E-state index is 15.3. The quantitative estimate of drug-likeness (QED) is 0.386.